The van der Waals surface area contributed by atoms with E-state index in [1.807, 2.05) is 0 Å². The Kier molecular flexibility index (Phi) is 5.81. The number of primary amides is 1. The van der Waals surface area contributed by atoms with E-state index < -0.39 is 34.8 Å². The van der Waals surface area contributed by atoms with Gasteiger partial charge in [-0.3, -0.25) is 4.79 Å². The highest BCUT2D eigenvalue weighted by molar-refractivity contribution is 7.21. The van der Waals surface area contributed by atoms with Gasteiger partial charge in [0.15, 0.2) is 11.6 Å². The third-order valence-electron chi connectivity index (χ3n) is 3.91. The van der Waals surface area contributed by atoms with Gasteiger partial charge in [0.2, 0.25) is 5.82 Å². The van der Waals surface area contributed by atoms with Crippen molar-refractivity contribution in [2.75, 3.05) is 6.61 Å². The highest BCUT2D eigenvalue weighted by Crippen LogP contribution is 2.37. The minimum atomic E-state index is -1.40. The van der Waals surface area contributed by atoms with Gasteiger partial charge in [-0.2, -0.15) is 4.39 Å². The van der Waals surface area contributed by atoms with Gasteiger partial charge in [0.05, 0.1) is 12.2 Å². The highest BCUT2D eigenvalue weighted by atomic mass is 35.5. The largest absolute Gasteiger partial charge is 0.486 e. The minimum absolute atomic E-state index is 0.176. The number of halogens is 3. The van der Waals surface area contributed by atoms with E-state index in [1.54, 1.807) is 25.1 Å². The Morgan fingerprint density at radius 1 is 1.18 bits per heavy atom. The smallest absolute Gasteiger partial charge is 0.348 e. The molecule has 0 aliphatic rings. The molecule has 2 N–H and O–H groups in total. The summed E-state index contributed by atoms with van der Waals surface area (Å²) >= 11 is 7.43. The molecule has 9 heteroatoms. The molecule has 0 fully saturated rings. The molecule has 146 valence electrons. The summed E-state index contributed by atoms with van der Waals surface area (Å²) in [6, 6.07) is 7.29. The zero-order valence-corrected chi connectivity index (χ0v) is 16.1. The molecule has 5 nitrogen and oxygen atoms in total. The Bertz CT molecular complexity index is 1080. The molecule has 0 aliphatic carbocycles. The summed E-state index contributed by atoms with van der Waals surface area (Å²) in [5.41, 5.74) is 4.82. The monoisotopic (exact) mass is 425 g/mol. The second-order valence-electron chi connectivity index (χ2n) is 5.64. The molecule has 0 saturated carbocycles. The van der Waals surface area contributed by atoms with Crippen LogP contribution in [0.1, 0.15) is 32.5 Å². The normalized spacial score (nSPS) is 10.9. The Morgan fingerprint density at radius 3 is 2.61 bits per heavy atom. The van der Waals surface area contributed by atoms with Crippen LogP contribution in [0.5, 0.6) is 5.75 Å². The van der Waals surface area contributed by atoms with Crippen LogP contribution in [0.15, 0.2) is 30.3 Å². The zero-order valence-electron chi connectivity index (χ0n) is 14.6. The van der Waals surface area contributed by atoms with Crippen LogP contribution in [0.3, 0.4) is 0 Å². The highest BCUT2D eigenvalue weighted by Gasteiger charge is 2.23. The number of fused-ring (bicyclic) bond motifs is 1. The van der Waals surface area contributed by atoms with Gasteiger partial charge in [-0.1, -0.05) is 17.7 Å². The molecule has 1 aromatic heterocycles. The first kappa shape index (κ1) is 20.0. The Labute approximate surface area is 167 Å². The van der Waals surface area contributed by atoms with E-state index >= 15 is 0 Å². The molecule has 1 amide bonds. The Morgan fingerprint density at radius 2 is 1.93 bits per heavy atom. The van der Waals surface area contributed by atoms with Gasteiger partial charge in [0.1, 0.15) is 11.5 Å². The summed E-state index contributed by atoms with van der Waals surface area (Å²) in [6.45, 7) is 1.59. The number of thiophene rings is 1. The van der Waals surface area contributed by atoms with Crippen molar-refractivity contribution in [2.24, 2.45) is 5.73 Å². The molecule has 0 unspecified atom stereocenters. The van der Waals surface area contributed by atoms with E-state index in [2.05, 4.69) is 0 Å². The minimum Gasteiger partial charge on any atom is -0.486 e. The van der Waals surface area contributed by atoms with E-state index in [0.717, 1.165) is 16.8 Å². The third-order valence-corrected chi connectivity index (χ3v) is 5.40. The predicted molar refractivity (Wildman–Crippen MR) is 102 cm³/mol. The van der Waals surface area contributed by atoms with E-state index in [9.17, 15) is 18.4 Å². The summed E-state index contributed by atoms with van der Waals surface area (Å²) in [7, 11) is 0. The molecular weight excluding hydrogens is 412 g/mol. The van der Waals surface area contributed by atoms with Crippen LogP contribution in [0.2, 0.25) is 5.02 Å². The van der Waals surface area contributed by atoms with Gasteiger partial charge in [-0.25, -0.2) is 9.18 Å². The molecule has 0 spiro atoms. The van der Waals surface area contributed by atoms with Crippen LogP contribution in [0.25, 0.3) is 10.1 Å². The Hall–Kier alpha value is -2.71. The fourth-order valence-electron chi connectivity index (χ4n) is 2.65. The van der Waals surface area contributed by atoms with Gasteiger partial charge < -0.3 is 15.2 Å². The van der Waals surface area contributed by atoms with Crippen molar-refractivity contribution in [1.29, 1.82) is 0 Å². The quantitative estimate of drug-likeness (QED) is 0.581. The summed E-state index contributed by atoms with van der Waals surface area (Å²) < 4.78 is 39.3. The van der Waals surface area contributed by atoms with Crippen molar-refractivity contribution in [3.63, 3.8) is 0 Å². The van der Waals surface area contributed by atoms with Crippen molar-refractivity contribution in [1.82, 2.24) is 0 Å². The van der Waals surface area contributed by atoms with Crippen molar-refractivity contribution in [3.8, 4) is 5.75 Å². The van der Waals surface area contributed by atoms with Crippen LogP contribution in [-0.2, 0) is 11.3 Å². The number of esters is 1. The predicted octanol–water partition coefficient (Wildman–Crippen LogP) is 4.69. The average molecular weight is 426 g/mol. The van der Waals surface area contributed by atoms with Gasteiger partial charge >= 0.3 is 5.97 Å². The summed E-state index contributed by atoms with van der Waals surface area (Å²) in [5.74, 6) is -4.83. The molecule has 28 heavy (non-hydrogen) atoms. The second-order valence-corrected chi connectivity index (χ2v) is 7.09. The number of hydrogen-bond acceptors (Lipinski definition) is 5. The number of carbonyl (C=O) groups is 2. The van der Waals surface area contributed by atoms with Crippen molar-refractivity contribution in [3.05, 3.63) is 63.0 Å². The molecule has 3 rings (SSSR count). The number of amides is 1. The van der Waals surface area contributed by atoms with Crippen molar-refractivity contribution in [2.45, 2.75) is 13.5 Å². The maximum atomic E-state index is 14.2. The SMILES string of the molecule is CCOC(=O)c1sc2cccc(Cl)c2c1COc1ccc(C(N)=O)c(F)c1F. The van der Waals surface area contributed by atoms with Crippen LogP contribution >= 0.6 is 22.9 Å². The molecule has 1 heterocycles. The van der Waals surface area contributed by atoms with E-state index in [0.29, 0.717) is 16.0 Å². The standard InChI is InChI=1S/C19H14ClF2NO4S/c1-2-26-19(25)17-10(14-11(20)4-3-5-13(14)28-17)8-27-12-7-6-9(18(23)24)15(21)16(12)22/h3-7H,2,8H2,1H3,(H2,23,24). The number of carbonyl (C=O) groups excluding carboxylic acids is 2. The number of hydrogen-bond donors (Lipinski definition) is 1. The maximum absolute atomic E-state index is 14.2. The van der Waals surface area contributed by atoms with Crippen molar-refractivity contribution < 1.29 is 27.8 Å². The summed E-state index contributed by atoms with van der Waals surface area (Å²) in [5, 5.41) is 0.963. The molecular formula is C19H14ClF2NO4S. The van der Waals surface area contributed by atoms with E-state index in [-0.39, 0.29) is 18.1 Å². The lowest BCUT2D eigenvalue weighted by Crippen LogP contribution is -2.14. The molecule has 0 aliphatic heterocycles. The lowest BCUT2D eigenvalue weighted by Gasteiger charge is -2.10. The maximum Gasteiger partial charge on any atom is 0.348 e. The van der Waals surface area contributed by atoms with Gasteiger partial charge in [0.25, 0.3) is 5.91 Å². The fraction of sp³-hybridized carbons (Fsp3) is 0.158. The van der Waals surface area contributed by atoms with Gasteiger partial charge in [-0.15, -0.1) is 11.3 Å². The molecule has 0 bridgehead atoms. The number of benzene rings is 2. The first-order valence-corrected chi connectivity index (χ1v) is 9.32. The van der Waals surface area contributed by atoms with Gasteiger partial charge in [-0.05, 0) is 31.2 Å². The summed E-state index contributed by atoms with van der Waals surface area (Å²) in [6.07, 6.45) is 0. The number of nitrogens with two attached hydrogens (primary N) is 1. The topological polar surface area (TPSA) is 78.6 Å². The third kappa shape index (κ3) is 3.65. The Balaban J connectivity index is 2.00. The fourth-order valence-corrected chi connectivity index (χ4v) is 4.12. The number of ether oxygens (including phenoxy) is 2. The van der Waals surface area contributed by atoms with Gasteiger partial charge in [0, 0.05) is 20.7 Å². The molecule has 2 aromatic carbocycles. The zero-order chi connectivity index (χ0) is 20.4. The molecule has 0 atom stereocenters. The lowest BCUT2D eigenvalue weighted by molar-refractivity contribution is 0.0529. The van der Waals surface area contributed by atoms with Crippen LogP contribution in [0.4, 0.5) is 8.78 Å². The summed E-state index contributed by atoms with van der Waals surface area (Å²) in [4.78, 5) is 23.7. The molecule has 0 saturated heterocycles. The molecule has 0 radical (unpaired) electrons. The van der Waals surface area contributed by atoms with Crippen LogP contribution in [-0.4, -0.2) is 18.5 Å². The first-order valence-electron chi connectivity index (χ1n) is 8.12. The molecule has 3 aromatic rings. The van der Waals surface area contributed by atoms with E-state index in [4.69, 9.17) is 26.8 Å². The second kappa shape index (κ2) is 8.12. The van der Waals surface area contributed by atoms with E-state index in [1.165, 1.54) is 11.3 Å². The lowest BCUT2D eigenvalue weighted by atomic mass is 10.1. The first-order chi connectivity index (χ1) is 13.3. The van der Waals surface area contributed by atoms with Crippen LogP contribution < -0.4 is 10.5 Å². The van der Waals surface area contributed by atoms with Crippen LogP contribution in [0, 0.1) is 11.6 Å². The number of rotatable bonds is 6. The average Bonchev–Trinajstić information content (AvgIpc) is 3.03. The van der Waals surface area contributed by atoms with Crippen molar-refractivity contribution >= 4 is 44.9 Å².